The summed E-state index contributed by atoms with van der Waals surface area (Å²) in [6.45, 7) is 11.2. The SMILES string of the molecule is CN=C(NCc1ccccc1N1CCOCC1)N1CCC(NC(=O)OC(C)(C)C)C1. The number of carbonyl (C=O) groups excluding carboxylic acids is 1. The molecule has 8 nitrogen and oxygen atoms in total. The molecule has 2 heterocycles. The van der Waals surface area contributed by atoms with Gasteiger partial charge in [-0.3, -0.25) is 4.99 Å². The quantitative estimate of drug-likeness (QED) is 0.578. The first-order valence-corrected chi connectivity index (χ1v) is 10.7. The summed E-state index contributed by atoms with van der Waals surface area (Å²) < 4.78 is 10.9. The zero-order valence-electron chi connectivity index (χ0n) is 18.6. The minimum absolute atomic E-state index is 0.0547. The van der Waals surface area contributed by atoms with Crippen LogP contribution >= 0.6 is 0 Å². The van der Waals surface area contributed by atoms with Gasteiger partial charge in [0, 0.05) is 45.5 Å². The van der Waals surface area contributed by atoms with Crippen molar-refractivity contribution in [1.29, 1.82) is 0 Å². The molecular weight excluding hydrogens is 382 g/mol. The van der Waals surface area contributed by atoms with Gasteiger partial charge in [0.15, 0.2) is 5.96 Å². The lowest BCUT2D eigenvalue weighted by molar-refractivity contribution is 0.0507. The molecule has 1 aromatic rings. The van der Waals surface area contributed by atoms with Crippen molar-refractivity contribution >= 4 is 17.7 Å². The fraction of sp³-hybridized carbons (Fsp3) is 0.636. The van der Waals surface area contributed by atoms with Gasteiger partial charge in [0.05, 0.1) is 19.3 Å². The van der Waals surface area contributed by atoms with Crippen LogP contribution in [0.3, 0.4) is 0 Å². The Morgan fingerprint density at radius 2 is 1.97 bits per heavy atom. The van der Waals surface area contributed by atoms with Crippen LogP contribution in [0.4, 0.5) is 10.5 Å². The third-order valence-electron chi connectivity index (χ3n) is 5.20. The second-order valence-electron chi connectivity index (χ2n) is 8.71. The van der Waals surface area contributed by atoms with Crippen LogP contribution in [0.5, 0.6) is 0 Å². The fourth-order valence-corrected chi connectivity index (χ4v) is 3.82. The number of likely N-dealkylation sites (tertiary alicyclic amines) is 1. The van der Waals surface area contributed by atoms with E-state index < -0.39 is 5.60 Å². The number of nitrogens with zero attached hydrogens (tertiary/aromatic N) is 3. The van der Waals surface area contributed by atoms with Crippen LogP contribution < -0.4 is 15.5 Å². The average Bonchev–Trinajstić information content (AvgIpc) is 3.16. The van der Waals surface area contributed by atoms with Crippen LogP contribution in [0.2, 0.25) is 0 Å². The Morgan fingerprint density at radius 3 is 2.67 bits per heavy atom. The number of amides is 1. The summed E-state index contributed by atoms with van der Waals surface area (Å²) in [6.07, 6.45) is 0.501. The molecule has 0 bridgehead atoms. The fourth-order valence-electron chi connectivity index (χ4n) is 3.82. The number of alkyl carbamates (subject to hydrolysis) is 1. The molecule has 1 unspecified atom stereocenters. The van der Waals surface area contributed by atoms with E-state index in [2.05, 4.69) is 49.7 Å². The number of rotatable bonds is 4. The molecule has 0 aliphatic carbocycles. The molecule has 2 aliphatic heterocycles. The van der Waals surface area contributed by atoms with E-state index in [-0.39, 0.29) is 12.1 Å². The van der Waals surface area contributed by atoms with Crippen molar-refractivity contribution < 1.29 is 14.3 Å². The van der Waals surface area contributed by atoms with Gasteiger partial charge in [0.1, 0.15) is 5.60 Å². The van der Waals surface area contributed by atoms with E-state index in [4.69, 9.17) is 9.47 Å². The Kier molecular flexibility index (Phi) is 7.42. The highest BCUT2D eigenvalue weighted by molar-refractivity contribution is 5.80. The zero-order valence-corrected chi connectivity index (χ0v) is 18.6. The van der Waals surface area contributed by atoms with Gasteiger partial charge < -0.3 is 29.9 Å². The summed E-state index contributed by atoms with van der Waals surface area (Å²) in [5, 5.41) is 6.46. The molecule has 2 aliphatic rings. The summed E-state index contributed by atoms with van der Waals surface area (Å²) >= 11 is 0. The van der Waals surface area contributed by atoms with Gasteiger partial charge in [-0.1, -0.05) is 18.2 Å². The van der Waals surface area contributed by atoms with Crippen molar-refractivity contribution in [2.75, 3.05) is 51.3 Å². The number of aliphatic imine (C=N–C) groups is 1. The Balaban J connectivity index is 1.54. The maximum Gasteiger partial charge on any atom is 0.407 e. The van der Waals surface area contributed by atoms with Crippen LogP contribution in [0.1, 0.15) is 32.8 Å². The van der Waals surface area contributed by atoms with Crippen LogP contribution in [0, 0.1) is 0 Å². The largest absolute Gasteiger partial charge is 0.444 e. The molecular formula is C22H35N5O3. The smallest absolute Gasteiger partial charge is 0.407 e. The van der Waals surface area contributed by atoms with E-state index in [0.717, 1.165) is 45.2 Å². The van der Waals surface area contributed by atoms with Crippen LogP contribution in [-0.2, 0) is 16.0 Å². The first-order valence-electron chi connectivity index (χ1n) is 10.7. The maximum absolute atomic E-state index is 12.0. The first kappa shape index (κ1) is 22.2. The molecule has 0 radical (unpaired) electrons. The number of hydrogen-bond acceptors (Lipinski definition) is 5. The van der Waals surface area contributed by atoms with E-state index >= 15 is 0 Å². The maximum atomic E-state index is 12.0. The molecule has 30 heavy (non-hydrogen) atoms. The summed E-state index contributed by atoms with van der Waals surface area (Å²) in [5.74, 6) is 0.847. The average molecular weight is 418 g/mol. The normalized spacial score (nSPS) is 20.3. The highest BCUT2D eigenvalue weighted by atomic mass is 16.6. The Bertz CT molecular complexity index is 741. The van der Waals surface area contributed by atoms with Crippen molar-refractivity contribution in [2.24, 2.45) is 4.99 Å². The molecule has 0 spiro atoms. The van der Waals surface area contributed by atoms with Crippen molar-refractivity contribution in [3.63, 3.8) is 0 Å². The highest BCUT2D eigenvalue weighted by Crippen LogP contribution is 2.21. The minimum atomic E-state index is -0.492. The number of carbonyl (C=O) groups is 1. The lowest BCUT2D eigenvalue weighted by Gasteiger charge is -2.31. The number of guanidine groups is 1. The van der Waals surface area contributed by atoms with Crippen molar-refractivity contribution in [2.45, 2.75) is 45.4 Å². The third-order valence-corrected chi connectivity index (χ3v) is 5.20. The molecule has 8 heteroatoms. The molecule has 1 amide bonds. The van der Waals surface area contributed by atoms with Gasteiger partial charge in [0.25, 0.3) is 0 Å². The molecule has 2 saturated heterocycles. The number of ether oxygens (including phenoxy) is 2. The molecule has 3 rings (SSSR count). The molecule has 166 valence electrons. The molecule has 1 aromatic carbocycles. The Morgan fingerprint density at radius 1 is 1.23 bits per heavy atom. The standard InChI is InChI=1S/C22H35N5O3/c1-22(2,3)30-21(28)25-18-9-10-27(16-18)20(23-4)24-15-17-7-5-6-8-19(17)26-11-13-29-14-12-26/h5-8,18H,9-16H2,1-4H3,(H,23,24)(H,25,28). The predicted molar refractivity (Wildman–Crippen MR) is 119 cm³/mol. The minimum Gasteiger partial charge on any atom is -0.444 e. The topological polar surface area (TPSA) is 78.4 Å². The molecule has 2 fully saturated rings. The summed E-state index contributed by atoms with van der Waals surface area (Å²) in [7, 11) is 1.80. The van der Waals surface area contributed by atoms with E-state index in [0.29, 0.717) is 13.1 Å². The van der Waals surface area contributed by atoms with Gasteiger partial charge in [0.2, 0.25) is 0 Å². The number of anilines is 1. The van der Waals surface area contributed by atoms with Crippen molar-refractivity contribution in [3.8, 4) is 0 Å². The second kappa shape index (κ2) is 10.0. The molecule has 0 saturated carbocycles. The lowest BCUT2D eigenvalue weighted by atomic mass is 10.1. The monoisotopic (exact) mass is 417 g/mol. The first-order chi connectivity index (χ1) is 14.4. The van der Waals surface area contributed by atoms with Crippen molar-refractivity contribution in [1.82, 2.24) is 15.5 Å². The van der Waals surface area contributed by atoms with Crippen LogP contribution in [-0.4, -0.2) is 75.0 Å². The highest BCUT2D eigenvalue weighted by Gasteiger charge is 2.28. The summed E-state index contributed by atoms with van der Waals surface area (Å²) in [4.78, 5) is 21.1. The number of hydrogen-bond donors (Lipinski definition) is 2. The van der Waals surface area contributed by atoms with E-state index in [1.807, 2.05) is 20.8 Å². The number of para-hydroxylation sites is 1. The van der Waals surface area contributed by atoms with Crippen LogP contribution in [0.15, 0.2) is 29.3 Å². The number of morpholine rings is 1. The number of nitrogens with one attached hydrogen (secondary N) is 2. The van der Waals surface area contributed by atoms with Gasteiger partial charge in [-0.2, -0.15) is 0 Å². The molecule has 2 N–H and O–H groups in total. The van der Waals surface area contributed by atoms with Gasteiger partial charge in [-0.25, -0.2) is 4.79 Å². The Labute approximate surface area is 179 Å². The second-order valence-corrected chi connectivity index (χ2v) is 8.71. The zero-order chi connectivity index (χ0) is 21.6. The summed E-state index contributed by atoms with van der Waals surface area (Å²) in [6, 6.07) is 8.53. The summed E-state index contributed by atoms with van der Waals surface area (Å²) in [5.41, 5.74) is 1.99. The van der Waals surface area contributed by atoms with Crippen LogP contribution in [0.25, 0.3) is 0 Å². The Hall–Kier alpha value is -2.48. The van der Waals surface area contributed by atoms with Gasteiger partial charge in [-0.05, 0) is 38.8 Å². The molecule has 1 atom stereocenters. The van der Waals surface area contributed by atoms with Gasteiger partial charge in [-0.15, -0.1) is 0 Å². The number of benzene rings is 1. The van der Waals surface area contributed by atoms with E-state index in [9.17, 15) is 4.79 Å². The predicted octanol–water partition coefficient (Wildman–Crippen LogP) is 2.20. The lowest BCUT2D eigenvalue weighted by Crippen LogP contribution is -2.44. The van der Waals surface area contributed by atoms with E-state index in [1.54, 1.807) is 7.05 Å². The van der Waals surface area contributed by atoms with Gasteiger partial charge >= 0.3 is 6.09 Å². The van der Waals surface area contributed by atoms with Crippen molar-refractivity contribution in [3.05, 3.63) is 29.8 Å². The van der Waals surface area contributed by atoms with E-state index in [1.165, 1.54) is 11.3 Å². The third kappa shape index (κ3) is 6.26. The molecule has 0 aromatic heterocycles.